The van der Waals surface area contributed by atoms with Crippen molar-refractivity contribution in [2.45, 2.75) is 33.9 Å². The van der Waals surface area contributed by atoms with E-state index in [0.29, 0.717) is 24.6 Å². The SMILES string of the molecule is CCOc1ncccc1CNC(=O)c1ccc(CN(CC)CC)cc1. The van der Waals surface area contributed by atoms with Crippen LogP contribution in [0.4, 0.5) is 0 Å². The lowest BCUT2D eigenvalue weighted by atomic mass is 10.1. The van der Waals surface area contributed by atoms with Gasteiger partial charge in [0.05, 0.1) is 6.61 Å². The van der Waals surface area contributed by atoms with Crippen molar-refractivity contribution in [3.05, 3.63) is 59.3 Å². The molecule has 1 aromatic heterocycles. The second-order valence-corrected chi connectivity index (χ2v) is 5.74. The predicted octanol–water partition coefficient (Wildman–Crippen LogP) is 3.25. The summed E-state index contributed by atoms with van der Waals surface area (Å²) < 4.78 is 5.48. The molecule has 1 N–H and O–H groups in total. The maximum Gasteiger partial charge on any atom is 0.251 e. The number of nitrogens with one attached hydrogen (secondary N) is 1. The van der Waals surface area contributed by atoms with Gasteiger partial charge in [-0.3, -0.25) is 9.69 Å². The first-order valence-corrected chi connectivity index (χ1v) is 8.84. The first kappa shape index (κ1) is 18.9. The normalized spacial score (nSPS) is 10.7. The monoisotopic (exact) mass is 341 g/mol. The molecular weight excluding hydrogens is 314 g/mol. The van der Waals surface area contributed by atoms with E-state index in [9.17, 15) is 4.79 Å². The molecule has 0 aliphatic rings. The van der Waals surface area contributed by atoms with Gasteiger partial charge in [-0.05, 0) is 43.8 Å². The summed E-state index contributed by atoms with van der Waals surface area (Å²) in [4.78, 5) is 18.9. The summed E-state index contributed by atoms with van der Waals surface area (Å²) in [6.07, 6.45) is 1.69. The summed E-state index contributed by atoms with van der Waals surface area (Å²) in [7, 11) is 0. The predicted molar refractivity (Wildman–Crippen MR) is 99.6 cm³/mol. The van der Waals surface area contributed by atoms with Crippen molar-refractivity contribution >= 4 is 5.91 Å². The molecule has 1 aromatic carbocycles. The second kappa shape index (κ2) is 9.79. The van der Waals surface area contributed by atoms with Crippen LogP contribution in [-0.4, -0.2) is 35.5 Å². The number of ether oxygens (including phenoxy) is 1. The molecule has 1 heterocycles. The number of amides is 1. The minimum atomic E-state index is -0.0966. The molecule has 5 nitrogen and oxygen atoms in total. The highest BCUT2D eigenvalue weighted by Gasteiger charge is 2.09. The fraction of sp³-hybridized carbons (Fsp3) is 0.400. The standard InChI is InChI=1S/C20H27N3O2/c1-4-23(5-2)15-16-9-11-17(12-10-16)19(24)22-14-18-8-7-13-21-20(18)25-6-3/h7-13H,4-6,14-15H2,1-3H3,(H,22,24). The number of nitrogens with zero attached hydrogens (tertiary/aromatic N) is 2. The summed E-state index contributed by atoms with van der Waals surface area (Å²) in [6, 6.07) is 11.5. The Morgan fingerprint density at radius 2 is 1.84 bits per heavy atom. The van der Waals surface area contributed by atoms with Crippen molar-refractivity contribution in [3.63, 3.8) is 0 Å². The maximum absolute atomic E-state index is 12.4. The Bertz CT molecular complexity index is 667. The topological polar surface area (TPSA) is 54.5 Å². The number of carbonyl (C=O) groups excluding carboxylic acids is 1. The number of hydrogen-bond donors (Lipinski definition) is 1. The van der Waals surface area contributed by atoms with Gasteiger partial charge in [-0.25, -0.2) is 4.98 Å². The summed E-state index contributed by atoms with van der Waals surface area (Å²) in [5.41, 5.74) is 2.74. The Kier molecular flexibility index (Phi) is 7.41. The molecule has 1 amide bonds. The molecule has 0 atom stereocenters. The lowest BCUT2D eigenvalue weighted by molar-refractivity contribution is 0.0950. The minimum absolute atomic E-state index is 0.0966. The molecule has 5 heteroatoms. The van der Waals surface area contributed by atoms with Gasteiger partial charge in [-0.1, -0.05) is 32.0 Å². The molecular formula is C20H27N3O2. The Labute approximate surface area is 150 Å². The summed E-state index contributed by atoms with van der Waals surface area (Å²) in [5.74, 6) is 0.473. The van der Waals surface area contributed by atoms with E-state index in [0.717, 1.165) is 25.2 Å². The molecule has 0 spiro atoms. The van der Waals surface area contributed by atoms with E-state index in [4.69, 9.17) is 4.74 Å². The number of pyridine rings is 1. The Morgan fingerprint density at radius 3 is 2.48 bits per heavy atom. The summed E-state index contributed by atoms with van der Waals surface area (Å²) in [6.45, 7) is 10.1. The van der Waals surface area contributed by atoms with Crippen LogP contribution >= 0.6 is 0 Å². The van der Waals surface area contributed by atoms with Gasteiger partial charge in [0.2, 0.25) is 5.88 Å². The first-order valence-electron chi connectivity index (χ1n) is 8.84. The zero-order valence-electron chi connectivity index (χ0n) is 15.3. The van der Waals surface area contributed by atoms with Crippen LogP contribution in [0.2, 0.25) is 0 Å². The van der Waals surface area contributed by atoms with Crippen molar-refractivity contribution < 1.29 is 9.53 Å². The minimum Gasteiger partial charge on any atom is -0.478 e. The van der Waals surface area contributed by atoms with E-state index >= 15 is 0 Å². The number of hydrogen-bond acceptors (Lipinski definition) is 4. The van der Waals surface area contributed by atoms with Crippen LogP contribution in [-0.2, 0) is 13.1 Å². The number of aromatic nitrogens is 1. The first-order chi connectivity index (χ1) is 12.2. The van der Waals surface area contributed by atoms with Crippen molar-refractivity contribution in [3.8, 4) is 5.88 Å². The fourth-order valence-corrected chi connectivity index (χ4v) is 2.57. The molecule has 0 fully saturated rings. The number of rotatable bonds is 9. The van der Waals surface area contributed by atoms with Gasteiger partial charge in [-0.15, -0.1) is 0 Å². The highest BCUT2D eigenvalue weighted by molar-refractivity contribution is 5.94. The van der Waals surface area contributed by atoms with Gasteiger partial charge >= 0.3 is 0 Å². The van der Waals surface area contributed by atoms with Crippen LogP contribution in [0.3, 0.4) is 0 Å². The number of benzene rings is 1. The number of carbonyl (C=O) groups is 1. The third-order valence-electron chi connectivity index (χ3n) is 4.09. The van der Waals surface area contributed by atoms with Gasteiger partial charge in [0, 0.05) is 30.4 Å². The molecule has 0 radical (unpaired) electrons. The van der Waals surface area contributed by atoms with E-state index in [1.165, 1.54) is 5.56 Å². The molecule has 2 rings (SSSR count). The lowest BCUT2D eigenvalue weighted by Crippen LogP contribution is -2.24. The van der Waals surface area contributed by atoms with Gasteiger partial charge in [0.1, 0.15) is 0 Å². The summed E-state index contributed by atoms with van der Waals surface area (Å²) in [5, 5.41) is 2.93. The Morgan fingerprint density at radius 1 is 1.12 bits per heavy atom. The molecule has 0 saturated heterocycles. The van der Waals surface area contributed by atoms with E-state index in [2.05, 4.69) is 29.0 Å². The molecule has 0 bridgehead atoms. The molecule has 25 heavy (non-hydrogen) atoms. The van der Waals surface area contributed by atoms with Crippen LogP contribution in [0, 0.1) is 0 Å². The van der Waals surface area contributed by atoms with Crippen LogP contribution < -0.4 is 10.1 Å². The van der Waals surface area contributed by atoms with Crippen LogP contribution in [0.15, 0.2) is 42.6 Å². The Hall–Kier alpha value is -2.40. The summed E-state index contributed by atoms with van der Waals surface area (Å²) >= 11 is 0. The van der Waals surface area contributed by atoms with Crippen molar-refractivity contribution in [1.29, 1.82) is 0 Å². The highest BCUT2D eigenvalue weighted by atomic mass is 16.5. The van der Waals surface area contributed by atoms with Gasteiger partial charge in [-0.2, -0.15) is 0 Å². The molecule has 0 unspecified atom stereocenters. The largest absolute Gasteiger partial charge is 0.478 e. The Balaban J connectivity index is 1.95. The van der Waals surface area contributed by atoms with E-state index in [1.54, 1.807) is 6.20 Å². The second-order valence-electron chi connectivity index (χ2n) is 5.74. The molecule has 0 saturated carbocycles. The fourth-order valence-electron chi connectivity index (χ4n) is 2.57. The zero-order valence-corrected chi connectivity index (χ0v) is 15.3. The third kappa shape index (κ3) is 5.57. The van der Waals surface area contributed by atoms with Gasteiger partial charge in [0.15, 0.2) is 0 Å². The van der Waals surface area contributed by atoms with Crippen LogP contribution in [0.5, 0.6) is 5.88 Å². The van der Waals surface area contributed by atoms with Gasteiger partial charge < -0.3 is 10.1 Å². The van der Waals surface area contributed by atoms with E-state index in [-0.39, 0.29) is 5.91 Å². The van der Waals surface area contributed by atoms with Crippen LogP contribution in [0.1, 0.15) is 42.3 Å². The smallest absolute Gasteiger partial charge is 0.251 e. The molecule has 0 aliphatic carbocycles. The zero-order chi connectivity index (χ0) is 18.1. The van der Waals surface area contributed by atoms with Crippen molar-refractivity contribution in [2.75, 3.05) is 19.7 Å². The lowest BCUT2D eigenvalue weighted by Gasteiger charge is -2.18. The average Bonchev–Trinajstić information content (AvgIpc) is 2.66. The molecule has 0 aliphatic heterocycles. The van der Waals surface area contributed by atoms with Crippen molar-refractivity contribution in [1.82, 2.24) is 15.2 Å². The van der Waals surface area contributed by atoms with E-state index in [1.807, 2.05) is 43.3 Å². The van der Waals surface area contributed by atoms with Crippen molar-refractivity contribution in [2.24, 2.45) is 0 Å². The third-order valence-corrected chi connectivity index (χ3v) is 4.09. The highest BCUT2D eigenvalue weighted by Crippen LogP contribution is 2.14. The van der Waals surface area contributed by atoms with E-state index < -0.39 is 0 Å². The molecule has 2 aromatic rings. The maximum atomic E-state index is 12.4. The quantitative estimate of drug-likeness (QED) is 0.761. The van der Waals surface area contributed by atoms with Gasteiger partial charge in [0.25, 0.3) is 5.91 Å². The van der Waals surface area contributed by atoms with Crippen LogP contribution in [0.25, 0.3) is 0 Å². The average molecular weight is 341 g/mol. The molecule has 134 valence electrons.